The number of aromatic nitrogens is 1. The Labute approximate surface area is 153 Å². The zero-order valence-corrected chi connectivity index (χ0v) is 15.2. The number of rotatable bonds is 5. The normalized spacial score (nSPS) is 10.9. The Hall–Kier alpha value is -2.24. The molecule has 5 heteroatoms. The third-order valence-electron chi connectivity index (χ3n) is 3.30. The summed E-state index contributed by atoms with van der Waals surface area (Å²) in [5.41, 5.74) is 2.20. The Balaban J connectivity index is 1.58. The van der Waals surface area contributed by atoms with Gasteiger partial charge in [0.15, 0.2) is 5.13 Å². The monoisotopic (exact) mass is 398 g/mol. The standard InChI is InChI=1S/C19H15BrN2OS/c20-16-9-6-15(7-10-16)12-17-13-21-19(24-17)22-18(23)11-8-14-4-2-1-3-5-14/h1-11,13H,12H2,(H,21,22,23). The van der Waals surface area contributed by atoms with E-state index in [1.54, 1.807) is 6.08 Å². The van der Waals surface area contributed by atoms with Crippen molar-refractivity contribution in [3.8, 4) is 0 Å². The lowest BCUT2D eigenvalue weighted by atomic mass is 10.1. The van der Waals surface area contributed by atoms with E-state index in [0.717, 1.165) is 21.3 Å². The summed E-state index contributed by atoms with van der Waals surface area (Å²) in [5, 5.41) is 3.42. The third-order valence-corrected chi connectivity index (χ3v) is 4.74. The number of carbonyl (C=O) groups is 1. The fourth-order valence-electron chi connectivity index (χ4n) is 2.13. The van der Waals surface area contributed by atoms with E-state index in [4.69, 9.17) is 0 Å². The van der Waals surface area contributed by atoms with Crippen molar-refractivity contribution >= 4 is 44.4 Å². The van der Waals surface area contributed by atoms with Crippen LogP contribution in [0, 0.1) is 0 Å². The number of hydrogen-bond donors (Lipinski definition) is 1. The highest BCUT2D eigenvalue weighted by molar-refractivity contribution is 9.10. The third kappa shape index (κ3) is 4.88. The number of thiazole rings is 1. The second-order valence-corrected chi connectivity index (χ2v) is 7.20. The van der Waals surface area contributed by atoms with Crippen LogP contribution in [0.4, 0.5) is 5.13 Å². The van der Waals surface area contributed by atoms with Crippen LogP contribution in [0.15, 0.2) is 71.3 Å². The highest BCUT2D eigenvalue weighted by Crippen LogP contribution is 2.22. The first-order chi connectivity index (χ1) is 11.7. The van der Waals surface area contributed by atoms with Crippen molar-refractivity contribution in [1.82, 2.24) is 4.98 Å². The zero-order valence-electron chi connectivity index (χ0n) is 12.8. The van der Waals surface area contributed by atoms with Crippen LogP contribution in [-0.4, -0.2) is 10.9 Å². The molecule has 0 aliphatic rings. The van der Waals surface area contributed by atoms with Crippen LogP contribution in [0.1, 0.15) is 16.0 Å². The van der Waals surface area contributed by atoms with Gasteiger partial charge in [0.2, 0.25) is 5.91 Å². The number of halogens is 1. The van der Waals surface area contributed by atoms with Gasteiger partial charge in [0.25, 0.3) is 0 Å². The molecule has 1 heterocycles. The van der Waals surface area contributed by atoms with Crippen molar-refractivity contribution in [2.75, 3.05) is 5.32 Å². The maximum atomic E-state index is 12.0. The Morgan fingerprint density at radius 3 is 2.62 bits per heavy atom. The van der Waals surface area contributed by atoms with Crippen molar-refractivity contribution in [3.63, 3.8) is 0 Å². The molecule has 2 aromatic carbocycles. The Bertz CT molecular complexity index is 841. The van der Waals surface area contributed by atoms with Gasteiger partial charge in [-0.25, -0.2) is 4.98 Å². The predicted octanol–water partition coefficient (Wildman–Crippen LogP) is 5.15. The molecule has 0 saturated carbocycles. The Morgan fingerprint density at radius 1 is 1.12 bits per heavy atom. The van der Waals surface area contributed by atoms with E-state index in [9.17, 15) is 4.79 Å². The topological polar surface area (TPSA) is 42.0 Å². The largest absolute Gasteiger partial charge is 0.298 e. The lowest BCUT2D eigenvalue weighted by Gasteiger charge is -1.98. The molecule has 0 spiro atoms. The van der Waals surface area contributed by atoms with Crippen LogP contribution in [-0.2, 0) is 11.2 Å². The van der Waals surface area contributed by atoms with Crippen LogP contribution in [0.5, 0.6) is 0 Å². The molecule has 0 atom stereocenters. The maximum absolute atomic E-state index is 12.0. The number of carbonyl (C=O) groups excluding carboxylic acids is 1. The van der Waals surface area contributed by atoms with E-state index < -0.39 is 0 Å². The second-order valence-electron chi connectivity index (χ2n) is 5.17. The molecular weight excluding hydrogens is 384 g/mol. The summed E-state index contributed by atoms with van der Waals surface area (Å²) in [5.74, 6) is -0.177. The van der Waals surface area contributed by atoms with E-state index in [-0.39, 0.29) is 5.91 Å². The quantitative estimate of drug-likeness (QED) is 0.603. The molecule has 0 saturated heterocycles. The molecule has 0 radical (unpaired) electrons. The van der Waals surface area contributed by atoms with E-state index in [1.807, 2.05) is 48.7 Å². The van der Waals surface area contributed by atoms with Crippen LogP contribution < -0.4 is 5.32 Å². The van der Waals surface area contributed by atoms with Gasteiger partial charge < -0.3 is 0 Å². The molecule has 1 amide bonds. The van der Waals surface area contributed by atoms with Gasteiger partial charge >= 0.3 is 0 Å². The molecule has 24 heavy (non-hydrogen) atoms. The van der Waals surface area contributed by atoms with Gasteiger partial charge in [0, 0.05) is 28.0 Å². The number of anilines is 1. The van der Waals surface area contributed by atoms with Crippen LogP contribution in [0.2, 0.25) is 0 Å². The smallest absolute Gasteiger partial charge is 0.250 e. The first-order valence-corrected chi connectivity index (χ1v) is 9.03. The molecular formula is C19H15BrN2OS. The Kier molecular flexibility index (Phi) is 5.56. The minimum atomic E-state index is -0.177. The van der Waals surface area contributed by atoms with Crippen LogP contribution >= 0.6 is 27.3 Å². The first-order valence-electron chi connectivity index (χ1n) is 7.42. The van der Waals surface area contributed by atoms with Gasteiger partial charge in [-0.2, -0.15) is 0 Å². The molecule has 0 aliphatic heterocycles. The maximum Gasteiger partial charge on any atom is 0.250 e. The van der Waals surface area contributed by atoms with Gasteiger partial charge in [-0.05, 0) is 29.3 Å². The summed E-state index contributed by atoms with van der Waals surface area (Å²) in [6.45, 7) is 0. The van der Waals surface area contributed by atoms with Crippen molar-refractivity contribution in [2.24, 2.45) is 0 Å². The van der Waals surface area contributed by atoms with Crippen molar-refractivity contribution in [2.45, 2.75) is 6.42 Å². The number of amides is 1. The van der Waals surface area contributed by atoms with Gasteiger partial charge in [-0.15, -0.1) is 11.3 Å². The van der Waals surface area contributed by atoms with E-state index in [2.05, 4.69) is 38.4 Å². The van der Waals surface area contributed by atoms with E-state index >= 15 is 0 Å². The average molecular weight is 399 g/mol. The molecule has 1 aromatic heterocycles. The summed E-state index contributed by atoms with van der Waals surface area (Å²) >= 11 is 4.92. The molecule has 0 bridgehead atoms. The van der Waals surface area contributed by atoms with E-state index in [0.29, 0.717) is 5.13 Å². The lowest BCUT2D eigenvalue weighted by Crippen LogP contribution is -2.06. The highest BCUT2D eigenvalue weighted by atomic mass is 79.9. The van der Waals surface area contributed by atoms with Gasteiger partial charge in [-0.1, -0.05) is 58.4 Å². The fraction of sp³-hybridized carbons (Fsp3) is 0.0526. The van der Waals surface area contributed by atoms with Gasteiger partial charge in [0.05, 0.1) is 0 Å². The molecule has 120 valence electrons. The summed E-state index contributed by atoms with van der Waals surface area (Å²) in [7, 11) is 0. The molecule has 3 aromatic rings. The zero-order chi connectivity index (χ0) is 16.8. The summed E-state index contributed by atoms with van der Waals surface area (Å²) in [4.78, 5) is 17.3. The minimum Gasteiger partial charge on any atom is -0.298 e. The number of nitrogens with one attached hydrogen (secondary N) is 1. The first kappa shape index (κ1) is 16.6. The van der Waals surface area contributed by atoms with Crippen LogP contribution in [0.3, 0.4) is 0 Å². The number of nitrogens with zero attached hydrogens (tertiary/aromatic N) is 1. The minimum absolute atomic E-state index is 0.177. The molecule has 0 aliphatic carbocycles. The number of benzene rings is 2. The average Bonchev–Trinajstić information content (AvgIpc) is 3.03. The van der Waals surface area contributed by atoms with Gasteiger partial charge in [0.1, 0.15) is 0 Å². The molecule has 0 fully saturated rings. The highest BCUT2D eigenvalue weighted by Gasteiger charge is 2.05. The summed E-state index contributed by atoms with van der Waals surface area (Å²) in [6.07, 6.45) is 5.92. The molecule has 0 unspecified atom stereocenters. The predicted molar refractivity (Wildman–Crippen MR) is 103 cm³/mol. The second kappa shape index (κ2) is 8.04. The number of hydrogen-bond acceptors (Lipinski definition) is 3. The lowest BCUT2D eigenvalue weighted by molar-refractivity contribution is -0.111. The molecule has 3 rings (SSSR count). The van der Waals surface area contributed by atoms with Gasteiger partial charge in [-0.3, -0.25) is 10.1 Å². The summed E-state index contributed by atoms with van der Waals surface area (Å²) < 4.78 is 1.06. The summed E-state index contributed by atoms with van der Waals surface area (Å²) in [6, 6.07) is 17.9. The van der Waals surface area contributed by atoms with E-state index in [1.165, 1.54) is 23.0 Å². The van der Waals surface area contributed by atoms with Crippen molar-refractivity contribution < 1.29 is 4.79 Å². The SMILES string of the molecule is O=C(C=Cc1ccccc1)Nc1ncc(Cc2ccc(Br)cc2)s1. The van der Waals surface area contributed by atoms with Crippen molar-refractivity contribution in [3.05, 3.63) is 87.3 Å². The van der Waals surface area contributed by atoms with Crippen molar-refractivity contribution in [1.29, 1.82) is 0 Å². The fourth-order valence-corrected chi connectivity index (χ4v) is 3.25. The molecule has 1 N–H and O–H groups in total. The van der Waals surface area contributed by atoms with Crippen LogP contribution in [0.25, 0.3) is 6.08 Å². The Morgan fingerprint density at radius 2 is 1.88 bits per heavy atom. The molecule has 3 nitrogen and oxygen atoms in total.